The van der Waals surface area contributed by atoms with Crippen LogP contribution in [0.25, 0.3) is 0 Å². The Morgan fingerprint density at radius 1 is 1.24 bits per heavy atom. The third-order valence-corrected chi connectivity index (χ3v) is 3.11. The number of benzene rings is 1. The fourth-order valence-electron chi connectivity index (χ4n) is 1.86. The van der Waals surface area contributed by atoms with Crippen molar-refractivity contribution in [3.05, 3.63) is 35.4 Å². The number of carbonyl (C=O) groups is 2. The number of nitrogens with two attached hydrogens (primary N) is 1. The predicted octanol–water partition coefficient (Wildman–Crippen LogP) is 2.14. The molecule has 0 heterocycles. The highest BCUT2D eigenvalue weighted by Gasteiger charge is 2.30. The number of nitrogens with zero attached hydrogens (tertiary/aromatic N) is 1. The van der Waals surface area contributed by atoms with E-state index < -0.39 is 17.6 Å². The van der Waals surface area contributed by atoms with Gasteiger partial charge in [-0.2, -0.15) is 13.2 Å². The molecule has 0 radical (unpaired) electrons. The van der Waals surface area contributed by atoms with Crippen molar-refractivity contribution in [1.82, 2.24) is 4.90 Å². The molecule has 21 heavy (non-hydrogen) atoms. The molecule has 0 aliphatic rings. The molecule has 7 heteroatoms. The van der Waals surface area contributed by atoms with Gasteiger partial charge >= 0.3 is 6.18 Å². The molecule has 2 amide bonds. The number of alkyl halides is 3. The first-order valence-corrected chi connectivity index (χ1v) is 6.30. The van der Waals surface area contributed by atoms with Gasteiger partial charge in [-0.3, -0.25) is 9.59 Å². The lowest BCUT2D eigenvalue weighted by Gasteiger charge is -2.18. The first-order chi connectivity index (χ1) is 9.61. The molecule has 0 aromatic heterocycles. The van der Waals surface area contributed by atoms with Crippen LogP contribution in [-0.4, -0.2) is 30.3 Å². The Morgan fingerprint density at radius 2 is 1.76 bits per heavy atom. The Bertz CT molecular complexity index is 512. The third kappa shape index (κ3) is 5.09. The molecular weight excluding hydrogens is 285 g/mol. The van der Waals surface area contributed by atoms with Crippen LogP contribution in [0.5, 0.6) is 0 Å². The molecule has 1 rings (SSSR count). The van der Waals surface area contributed by atoms with Gasteiger partial charge in [0, 0.05) is 13.5 Å². The number of carbonyl (C=O) groups excluding carboxylic acids is 2. The minimum absolute atomic E-state index is 0.0924. The summed E-state index contributed by atoms with van der Waals surface area (Å²) in [6, 6.07) is 4.69. The van der Waals surface area contributed by atoms with Crippen molar-refractivity contribution in [1.29, 1.82) is 0 Å². The van der Waals surface area contributed by atoms with Gasteiger partial charge in [0.1, 0.15) is 0 Å². The van der Waals surface area contributed by atoms with Gasteiger partial charge in [-0.25, -0.2) is 0 Å². The summed E-state index contributed by atoms with van der Waals surface area (Å²) in [5.41, 5.74) is 4.89. The van der Waals surface area contributed by atoms with Crippen LogP contribution >= 0.6 is 0 Å². The van der Waals surface area contributed by atoms with Gasteiger partial charge in [0.05, 0.1) is 12.1 Å². The lowest BCUT2D eigenvalue weighted by atomic mass is 9.96. The number of primary amides is 1. The van der Waals surface area contributed by atoms with E-state index in [9.17, 15) is 22.8 Å². The van der Waals surface area contributed by atoms with Gasteiger partial charge in [-0.1, -0.05) is 19.1 Å². The number of likely N-dealkylation sites (N-methyl/N-ethyl adjacent to an activating group) is 1. The van der Waals surface area contributed by atoms with E-state index in [1.54, 1.807) is 6.92 Å². The summed E-state index contributed by atoms with van der Waals surface area (Å²) in [5.74, 6) is -1.16. The molecule has 0 aliphatic carbocycles. The average Bonchev–Trinajstić information content (AvgIpc) is 2.36. The smallest absolute Gasteiger partial charge is 0.368 e. The lowest BCUT2D eigenvalue weighted by molar-refractivity contribution is -0.137. The first-order valence-electron chi connectivity index (χ1n) is 6.30. The molecule has 0 aliphatic heterocycles. The van der Waals surface area contributed by atoms with Crippen molar-refractivity contribution in [2.24, 2.45) is 5.73 Å². The second kappa shape index (κ2) is 6.60. The molecule has 4 nitrogen and oxygen atoms in total. The topological polar surface area (TPSA) is 63.4 Å². The summed E-state index contributed by atoms with van der Waals surface area (Å²) >= 11 is 0. The van der Waals surface area contributed by atoms with Crippen LogP contribution in [-0.2, 0) is 15.8 Å². The Kier molecular flexibility index (Phi) is 5.34. The van der Waals surface area contributed by atoms with Gasteiger partial charge < -0.3 is 10.6 Å². The molecule has 1 atom stereocenters. The second-order valence-corrected chi connectivity index (χ2v) is 4.94. The van der Waals surface area contributed by atoms with Gasteiger partial charge in [-0.05, 0) is 23.6 Å². The molecule has 116 valence electrons. The quantitative estimate of drug-likeness (QED) is 0.905. The summed E-state index contributed by atoms with van der Waals surface area (Å²) in [4.78, 5) is 23.7. The van der Waals surface area contributed by atoms with Crippen LogP contribution in [0.2, 0.25) is 0 Å². The minimum atomic E-state index is -4.38. The Labute approximate surface area is 120 Å². The van der Waals surface area contributed by atoms with Gasteiger partial charge in [-0.15, -0.1) is 0 Å². The Morgan fingerprint density at radius 3 is 2.19 bits per heavy atom. The maximum absolute atomic E-state index is 12.5. The van der Waals surface area contributed by atoms with E-state index in [4.69, 9.17) is 5.73 Å². The van der Waals surface area contributed by atoms with E-state index >= 15 is 0 Å². The van der Waals surface area contributed by atoms with E-state index in [2.05, 4.69) is 0 Å². The monoisotopic (exact) mass is 302 g/mol. The third-order valence-electron chi connectivity index (χ3n) is 3.11. The fourth-order valence-corrected chi connectivity index (χ4v) is 1.86. The summed E-state index contributed by atoms with van der Waals surface area (Å²) in [7, 11) is 1.45. The van der Waals surface area contributed by atoms with Crippen LogP contribution in [0.4, 0.5) is 13.2 Å². The number of halogens is 3. The molecule has 0 spiro atoms. The Balaban J connectivity index is 2.69. The highest BCUT2D eigenvalue weighted by Crippen LogP contribution is 2.30. The number of amides is 2. The molecular formula is C14H17F3N2O2. The van der Waals surface area contributed by atoms with Crippen LogP contribution in [0.1, 0.15) is 30.4 Å². The van der Waals surface area contributed by atoms with Gasteiger partial charge in [0.2, 0.25) is 11.8 Å². The van der Waals surface area contributed by atoms with Crippen molar-refractivity contribution in [3.8, 4) is 0 Å². The Hall–Kier alpha value is -2.05. The number of rotatable bonds is 5. The van der Waals surface area contributed by atoms with Crippen molar-refractivity contribution in [2.75, 3.05) is 13.6 Å². The van der Waals surface area contributed by atoms with Gasteiger partial charge in [0.15, 0.2) is 0 Å². The first kappa shape index (κ1) is 17.0. The molecule has 1 aromatic rings. The molecule has 1 aromatic carbocycles. The maximum atomic E-state index is 12.5. The zero-order valence-corrected chi connectivity index (χ0v) is 11.8. The van der Waals surface area contributed by atoms with Crippen molar-refractivity contribution in [3.63, 3.8) is 0 Å². The van der Waals surface area contributed by atoms with Crippen molar-refractivity contribution < 1.29 is 22.8 Å². The van der Waals surface area contributed by atoms with Crippen molar-refractivity contribution >= 4 is 11.8 Å². The van der Waals surface area contributed by atoms with Crippen LogP contribution in [0.15, 0.2) is 24.3 Å². The van der Waals surface area contributed by atoms with E-state index in [0.717, 1.165) is 12.1 Å². The second-order valence-electron chi connectivity index (χ2n) is 4.94. The summed E-state index contributed by atoms with van der Waals surface area (Å²) in [5, 5.41) is 0. The highest BCUT2D eigenvalue weighted by atomic mass is 19.4. The highest BCUT2D eigenvalue weighted by molar-refractivity contribution is 5.83. The van der Waals surface area contributed by atoms with E-state index in [1.807, 2.05) is 0 Å². The summed E-state index contributed by atoms with van der Waals surface area (Å²) in [6.45, 7) is 1.55. The molecule has 0 saturated heterocycles. The van der Waals surface area contributed by atoms with Gasteiger partial charge in [0.25, 0.3) is 0 Å². The largest absolute Gasteiger partial charge is 0.416 e. The van der Waals surface area contributed by atoms with E-state index in [-0.39, 0.29) is 24.8 Å². The molecule has 0 unspecified atom stereocenters. The molecule has 0 fully saturated rings. The number of hydrogen-bond donors (Lipinski definition) is 1. The van der Waals surface area contributed by atoms with E-state index in [0.29, 0.717) is 5.56 Å². The standard InChI is InChI=1S/C14H17F3N2O2/c1-9(7-13(21)19(2)8-12(18)20)10-3-5-11(6-4-10)14(15,16)17/h3-6,9H,7-8H2,1-2H3,(H2,18,20)/t9-/m1/s1. The van der Waals surface area contributed by atoms with Crippen molar-refractivity contribution in [2.45, 2.75) is 25.4 Å². The summed E-state index contributed by atoms with van der Waals surface area (Å²) in [6.07, 6.45) is -4.28. The maximum Gasteiger partial charge on any atom is 0.416 e. The predicted molar refractivity (Wildman–Crippen MR) is 71.3 cm³/mol. The summed E-state index contributed by atoms with van der Waals surface area (Å²) < 4.78 is 37.4. The van der Waals surface area contributed by atoms with Crippen LogP contribution in [0, 0.1) is 0 Å². The SMILES string of the molecule is C[C@H](CC(=O)N(C)CC(N)=O)c1ccc(C(F)(F)F)cc1. The van der Waals surface area contributed by atoms with E-state index in [1.165, 1.54) is 24.1 Å². The van der Waals surface area contributed by atoms with Crippen LogP contribution < -0.4 is 5.73 Å². The van der Waals surface area contributed by atoms with Crippen LogP contribution in [0.3, 0.4) is 0 Å². The zero-order valence-electron chi connectivity index (χ0n) is 11.8. The molecule has 2 N–H and O–H groups in total. The number of hydrogen-bond acceptors (Lipinski definition) is 2. The average molecular weight is 302 g/mol. The lowest BCUT2D eigenvalue weighted by Crippen LogP contribution is -2.35. The minimum Gasteiger partial charge on any atom is -0.368 e. The zero-order chi connectivity index (χ0) is 16.2. The molecule has 0 saturated carbocycles. The normalized spacial score (nSPS) is 12.8. The molecule has 0 bridgehead atoms. The fraction of sp³-hybridized carbons (Fsp3) is 0.429.